The number of hydrogen-bond acceptors (Lipinski definition) is 3. The molecule has 1 unspecified atom stereocenters. The Morgan fingerprint density at radius 2 is 2.28 bits per heavy atom. The molecule has 0 aliphatic carbocycles. The van der Waals surface area contributed by atoms with E-state index in [4.69, 9.17) is 0 Å². The minimum absolute atomic E-state index is 0.220. The molecule has 0 aliphatic heterocycles. The summed E-state index contributed by atoms with van der Waals surface area (Å²) in [6, 6.07) is 4.20. The van der Waals surface area contributed by atoms with Crippen molar-refractivity contribution in [3.8, 4) is 0 Å². The fourth-order valence-corrected chi connectivity index (χ4v) is 3.17. The summed E-state index contributed by atoms with van der Waals surface area (Å²) in [5.74, 6) is 1.51. The molecule has 0 saturated heterocycles. The summed E-state index contributed by atoms with van der Waals surface area (Å²) in [5.41, 5.74) is 1.07. The molecular formula is C15H20OS2. The predicted molar refractivity (Wildman–Crippen MR) is 82.4 cm³/mol. The van der Waals surface area contributed by atoms with Crippen molar-refractivity contribution in [1.82, 2.24) is 0 Å². The topological polar surface area (TPSA) is 17.1 Å². The van der Waals surface area contributed by atoms with Gasteiger partial charge in [0.1, 0.15) is 0 Å². The zero-order valence-electron chi connectivity index (χ0n) is 11.2. The van der Waals surface area contributed by atoms with Crippen molar-refractivity contribution < 1.29 is 4.79 Å². The Morgan fingerprint density at radius 1 is 1.50 bits per heavy atom. The molecule has 1 rings (SSSR count). The lowest BCUT2D eigenvalue weighted by molar-refractivity contribution is -0.115. The number of allylic oxidation sites excluding steroid dienone is 3. The molecule has 0 amide bonds. The molecule has 1 aromatic rings. The van der Waals surface area contributed by atoms with Gasteiger partial charge in [-0.05, 0) is 37.3 Å². The van der Waals surface area contributed by atoms with Crippen LogP contribution in [0, 0.1) is 5.92 Å². The molecule has 0 N–H and O–H groups in total. The van der Waals surface area contributed by atoms with Crippen LogP contribution in [0.15, 0.2) is 45.5 Å². The summed E-state index contributed by atoms with van der Waals surface area (Å²) >= 11 is 3.60. The summed E-state index contributed by atoms with van der Waals surface area (Å²) in [6.07, 6.45) is 6.62. The molecular weight excluding hydrogens is 260 g/mol. The lowest BCUT2D eigenvalue weighted by atomic mass is 10.0. The van der Waals surface area contributed by atoms with Crippen molar-refractivity contribution in [3.63, 3.8) is 0 Å². The highest BCUT2D eigenvalue weighted by atomic mass is 32.2. The van der Waals surface area contributed by atoms with Gasteiger partial charge in [0.25, 0.3) is 0 Å². The Labute approximate surface area is 118 Å². The standard InChI is InChI=1S/C15H20OS2/c1-12(2)10-14(16)11-13(3)6-4-8-17-15-7-5-9-18-15/h4-7,9-10,13H,8,11H2,1-3H3/b6-4+. The fraction of sp³-hybridized carbons (Fsp3) is 0.400. The third-order valence-electron chi connectivity index (χ3n) is 2.25. The number of ketones is 1. The van der Waals surface area contributed by atoms with E-state index in [0.717, 1.165) is 11.3 Å². The van der Waals surface area contributed by atoms with Gasteiger partial charge in [0.05, 0.1) is 4.21 Å². The Morgan fingerprint density at radius 3 is 2.89 bits per heavy atom. The first-order valence-corrected chi connectivity index (χ1v) is 7.95. The average molecular weight is 280 g/mol. The second-order valence-corrected chi connectivity index (χ2v) is 6.81. The maximum Gasteiger partial charge on any atom is 0.156 e. The Balaban J connectivity index is 2.25. The predicted octanol–water partition coefficient (Wildman–Crippen LogP) is 4.96. The normalized spacial score (nSPS) is 12.6. The van der Waals surface area contributed by atoms with Crippen molar-refractivity contribution in [2.45, 2.75) is 31.4 Å². The summed E-state index contributed by atoms with van der Waals surface area (Å²) < 4.78 is 1.34. The van der Waals surface area contributed by atoms with E-state index in [9.17, 15) is 4.79 Å². The smallest absolute Gasteiger partial charge is 0.156 e. The number of rotatable bonds is 7. The first-order valence-electron chi connectivity index (χ1n) is 6.08. The molecule has 1 atom stereocenters. The second-order valence-electron chi connectivity index (χ2n) is 4.54. The minimum atomic E-state index is 0.220. The second kappa shape index (κ2) is 8.33. The van der Waals surface area contributed by atoms with E-state index in [0.29, 0.717) is 12.3 Å². The molecule has 0 radical (unpaired) electrons. The molecule has 0 aliphatic rings. The maximum atomic E-state index is 11.6. The van der Waals surface area contributed by atoms with Crippen LogP contribution in [0.4, 0.5) is 0 Å². The highest BCUT2D eigenvalue weighted by molar-refractivity contribution is 8.01. The van der Waals surface area contributed by atoms with E-state index in [1.807, 2.05) is 25.6 Å². The molecule has 0 spiro atoms. The van der Waals surface area contributed by atoms with E-state index >= 15 is 0 Å². The van der Waals surface area contributed by atoms with Crippen LogP contribution >= 0.6 is 23.1 Å². The number of carbonyl (C=O) groups excluding carboxylic acids is 1. The molecule has 0 saturated carbocycles. The zero-order chi connectivity index (χ0) is 13.4. The molecule has 0 aromatic carbocycles. The van der Waals surface area contributed by atoms with Crippen LogP contribution in [0.5, 0.6) is 0 Å². The van der Waals surface area contributed by atoms with Gasteiger partial charge < -0.3 is 0 Å². The van der Waals surface area contributed by atoms with Crippen LogP contribution in [0.25, 0.3) is 0 Å². The van der Waals surface area contributed by atoms with Crippen LogP contribution in [0.2, 0.25) is 0 Å². The van der Waals surface area contributed by atoms with Crippen molar-refractivity contribution in [3.05, 3.63) is 41.3 Å². The molecule has 18 heavy (non-hydrogen) atoms. The van der Waals surface area contributed by atoms with E-state index in [-0.39, 0.29) is 5.78 Å². The van der Waals surface area contributed by atoms with Crippen LogP contribution in [0.1, 0.15) is 27.2 Å². The van der Waals surface area contributed by atoms with Crippen molar-refractivity contribution in [2.24, 2.45) is 5.92 Å². The highest BCUT2D eigenvalue weighted by Crippen LogP contribution is 2.23. The van der Waals surface area contributed by atoms with Gasteiger partial charge in [-0.3, -0.25) is 4.79 Å². The Hall–Kier alpha value is -0.800. The number of carbonyl (C=O) groups is 1. The van der Waals surface area contributed by atoms with E-state index in [1.165, 1.54) is 4.21 Å². The van der Waals surface area contributed by atoms with Crippen LogP contribution in [0.3, 0.4) is 0 Å². The molecule has 0 fully saturated rings. The van der Waals surface area contributed by atoms with Gasteiger partial charge in [-0.2, -0.15) is 0 Å². The number of thiophene rings is 1. The lowest BCUT2D eigenvalue weighted by Crippen LogP contribution is -2.00. The van der Waals surface area contributed by atoms with Crippen LogP contribution < -0.4 is 0 Å². The van der Waals surface area contributed by atoms with Gasteiger partial charge in [0.2, 0.25) is 0 Å². The van der Waals surface area contributed by atoms with Gasteiger partial charge >= 0.3 is 0 Å². The van der Waals surface area contributed by atoms with Gasteiger partial charge in [0.15, 0.2) is 5.78 Å². The van der Waals surface area contributed by atoms with Gasteiger partial charge in [0, 0.05) is 12.2 Å². The summed E-state index contributed by atoms with van der Waals surface area (Å²) in [6.45, 7) is 6.00. The first-order chi connectivity index (χ1) is 8.58. The van der Waals surface area contributed by atoms with E-state index in [1.54, 1.807) is 17.4 Å². The summed E-state index contributed by atoms with van der Waals surface area (Å²) in [5, 5.41) is 2.09. The van der Waals surface area contributed by atoms with Crippen molar-refractivity contribution in [2.75, 3.05) is 5.75 Å². The van der Waals surface area contributed by atoms with Crippen LogP contribution in [-0.4, -0.2) is 11.5 Å². The molecule has 1 heterocycles. The number of thioether (sulfide) groups is 1. The maximum absolute atomic E-state index is 11.6. The molecule has 1 aromatic heterocycles. The third-order valence-corrected chi connectivity index (χ3v) is 4.34. The Bertz CT molecular complexity index is 412. The van der Waals surface area contributed by atoms with Gasteiger partial charge in [-0.1, -0.05) is 30.7 Å². The molecule has 0 bridgehead atoms. The quantitative estimate of drug-likeness (QED) is 0.399. The molecule has 98 valence electrons. The van der Waals surface area contributed by atoms with Gasteiger partial charge in [-0.25, -0.2) is 0 Å². The highest BCUT2D eigenvalue weighted by Gasteiger charge is 2.03. The van der Waals surface area contributed by atoms with Crippen molar-refractivity contribution >= 4 is 28.9 Å². The minimum Gasteiger partial charge on any atom is -0.295 e. The zero-order valence-corrected chi connectivity index (χ0v) is 12.8. The SMILES string of the molecule is CC(C)=CC(=O)CC(C)/C=C/CSc1cccs1. The third kappa shape index (κ3) is 6.82. The van der Waals surface area contributed by atoms with Gasteiger partial charge in [-0.15, -0.1) is 23.1 Å². The average Bonchev–Trinajstić information content (AvgIpc) is 2.75. The van der Waals surface area contributed by atoms with E-state index in [2.05, 4.69) is 36.6 Å². The first kappa shape index (κ1) is 15.3. The fourth-order valence-electron chi connectivity index (χ4n) is 1.53. The molecule has 3 heteroatoms. The largest absolute Gasteiger partial charge is 0.295 e. The Kier molecular flexibility index (Phi) is 7.06. The van der Waals surface area contributed by atoms with Crippen molar-refractivity contribution in [1.29, 1.82) is 0 Å². The molecule has 1 nitrogen and oxygen atoms in total. The monoisotopic (exact) mass is 280 g/mol. The van der Waals surface area contributed by atoms with Crippen LogP contribution in [-0.2, 0) is 4.79 Å². The summed E-state index contributed by atoms with van der Waals surface area (Å²) in [4.78, 5) is 11.6. The lowest BCUT2D eigenvalue weighted by Gasteiger charge is -2.02. The van der Waals surface area contributed by atoms with E-state index < -0.39 is 0 Å². The number of hydrogen-bond donors (Lipinski definition) is 0. The summed E-state index contributed by atoms with van der Waals surface area (Å²) in [7, 11) is 0.